The zero-order valence-electron chi connectivity index (χ0n) is 18.5. The first-order valence-corrected chi connectivity index (χ1v) is 13.3. The number of ether oxygens (including phenoxy) is 1. The van der Waals surface area contributed by atoms with Gasteiger partial charge < -0.3 is 15.2 Å². The second-order valence-corrected chi connectivity index (χ2v) is 10.5. The number of sulfonamides is 1. The van der Waals surface area contributed by atoms with Gasteiger partial charge in [-0.1, -0.05) is 12.1 Å². The van der Waals surface area contributed by atoms with Gasteiger partial charge in [0.05, 0.1) is 41.6 Å². The van der Waals surface area contributed by atoms with Crippen LogP contribution in [0.1, 0.15) is 37.8 Å². The van der Waals surface area contributed by atoms with Crippen molar-refractivity contribution in [3.63, 3.8) is 0 Å². The van der Waals surface area contributed by atoms with E-state index in [0.717, 1.165) is 16.9 Å². The lowest BCUT2D eigenvalue weighted by Gasteiger charge is -2.14. The van der Waals surface area contributed by atoms with Gasteiger partial charge in [0.15, 0.2) is 5.13 Å². The minimum Gasteiger partial charge on any atom is -0.477 e. The summed E-state index contributed by atoms with van der Waals surface area (Å²) < 4.78 is 32.2. The van der Waals surface area contributed by atoms with Crippen molar-refractivity contribution < 1.29 is 23.1 Å². The van der Waals surface area contributed by atoms with Gasteiger partial charge in [0, 0.05) is 23.2 Å². The topological polar surface area (TPSA) is 143 Å². The van der Waals surface area contributed by atoms with Gasteiger partial charge in [0.25, 0.3) is 0 Å². The van der Waals surface area contributed by atoms with Crippen molar-refractivity contribution in [3.8, 4) is 17.1 Å². The number of nitrogens with one attached hydrogen (secondary N) is 2. The van der Waals surface area contributed by atoms with E-state index in [1.54, 1.807) is 29.9 Å². The maximum Gasteiger partial charge on any atom is 0.237 e. The summed E-state index contributed by atoms with van der Waals surface area (Å²) in [6.45, 7) is 2.15. The zero-order valence-corrected chi connectivity index (χ0v) is 20.1. The highest BCUT2D eigenvalue weighted by Crippen LogP contribution is 2.32. The second-order valence-electron chi connectivity index (χ2n) is 7.73. The van der Waals surface area contributed by atoms with E-state index in [4.69, 9.17) is 4.74 Å². The molecule has 34 heavy (non-hydrogen) atoms. The molecule has 1 aliphatic rings. The summed E-state index contributed by atoms with van der Waals surface area (Å²) in [7, 11) is -3.44. The number of aliphatic hydroxyl groups is 1. The number of carbonyl (C=O) groups is 1. The molecule has 10 nitrogen and oxygen atoms in total. The van der Waals surface area contributed by atoms with Crippen molar-refractivity contribution in [1.82, 2.24) is 15.0 Å². The standard InChI is InChI=1S/C22H25N5O5S2/c1-2-32-20-12-23-11-18(25-20)14-3-5-15(6-4-14)24-21(29)17(9-10-28)19-13-33-22(26-19)27-34(30,31)16-7-8-16/h3-6,11-13,16-17,28H,2,7-10H2,1H3,(H,24,29)(H,26,27). The molecular weight excluding hydrogens is 478 g/mol. The SMILES string of the molecule is CCOc1cncc(-c2ccc(NC(=O)C(CCO)c3csc(NS(=O)(=O)C4CC4)n3)cc2)n1. The maximum absolute atomic E-state index is 13.0. The number of anilines is 2. The molecule has 1 fully saturated rings. The molecule has 12 heteroatoms. The fraction of sp³-hybridized carbons (Fsp3) is 0.364. The van der Waals surface area contributed by atoms with Gasteiger partial charge in [0.2, 0.25) is 21.8 Å². The molecule has 3 N–H and O–H groups in total. The van der Waals surface area contributed by atoms with Crippen LogP contribution in [0.25, 0.3) is 11.3 Å². The molecule has 1 atom stereocenters. The largest absolute Gasteiger partial charge is 0.477 e. The Labute approximate surface area is 201 Å². The van der Waals surface area contributed by atoms with E-state index in [2.05, 4.69) is 25.0 Å². The van der Waals surface area contributed by atoms with Crippen molar-refractivity contribution >= 4 is 38.1 Å². The highest BCUT2D eigenvalue weighted by Gasteiger charge is 2.36. The lowest BCUT2D eigenvalue weighted by molar-refractivity contribution is -0.118. The first-order valence-electron chi connectivity index (χ1n) is 10.8. The lowest BCUT2D eigenvalue weighted by atomic mass is 10.0. The molecule has 0 radical (unpaired) electrons. The van der Waals surface area contributed by atoms with E-state index in [1.165, 1.54) is 0 Å². The highest BCUT2D eigenvalue weighted by molar-refractivity contribution is 7.93. The van der Waals surface area contributed by atoms with E-state index < -0.39 is 15.9 Å². The average Bonchev–Trinajstić information content (AvgIpc) is 3.60. The zero-order chi connectivity index (χ0) is 24.1. The summed E-state index contributed by atoms with van der Waals surface area (Å²) in [4.78, 5) is 25.8. The van der Waals surface area contributed by atoms with Gasteiger partial charge in [0.1, 0.15) is 0 Å². The van der Waals surface area contributed by atoms with Crippen LogP contribution < -0.4 is 14.8 Å². The van der Waals surface area contributed by atoms with E-state index in [9.17, 15) is 18.3 Å². The molecule has 1 aliphatic carbocycles. The number of amides is 1. The number of hydrogen-bond acceptors (Lipinski definition) is 9. The molecule has 0 saturated heterocycles. The molecule has 0 aliphatic heterocycles. The Morgan fingerprint density at radius 1 is 1.24 bits per heavy atom. The van der Waals surface area contributed by atoms with Crippen LogP contribution in [-0.4, -0.2) is 52.8 Å². The third-order valence-corrected chi connectivity index (χ3v) is 7.89. The van der Waals surface area contributed by atoms with Crippen LogP contribution in [0.15, 0.2) is 42.0 Å². The van der Waals surface area contributed by atoms with Crippen LogP contribution in [0.5, 0.6) is 5.88 Å². The predicted molar refractivity (Wildman–Crippen MR) is 129 cm³/mol. The van der Waals surface area contributed by atoms with Crippen molar-refractivity contribution in [2.45, 2.75) is 37.4 Å². The molecule has 3 aromatic rings. The number of hydrogen-bond donors (Lipinski definition) is 3. The van der Waals surface area contributed by atoms with Crippen molar-refractivity contribution in [2.24, 2.45) is 0 Å². The molecule has 2 heterocycles. The molecule has 2 aromatic heterocycles. The third kappa shape index (κ3) is 5.88. The minimum absolute atomic E-state index is 0.155. The quantitative estimate of drug-likeness (QED) is 0.362. The summed E-state index contributed by atoms with van der Waals surface area (Å²) in [5.74, 6) is -0.637. The van der Waals surface area contributed by atoms with E-state index in [-0.39, 0.29) is 29.3 Å². The monoisotopic (exact) mass is 503 g/mol. The number of carbonyl (C=O) groups excluding carboxylic acids is 1. The van der Waals surface area contributed by atoms with Crippen molar-refractivity contribution in [1.29, 1.82) is 0 Å². The molecule has 0 bridgehead atoms. The number of benzene rings is 1. The molecule has 4 rings (SSSR count). The third-order valence-electron chi connectivity index (χ3n) is 5.16. The van der Waals surface area contributed by atoms with Crippen LogP contribution in [0.2, 0.25) is 0 Å². The van der Waals surface area contributed by atoms with Gasteiger partial charge in [-0.3, -0.25) is 14.5 Å². The molecule has 1 amide bonds. The number of thiazole rings is 1. The second kappa shape index (κ2) is 10.5. The molecule has 1 unspecified atom stereocenters. The molecule has 1 aromatic carbocycles. The van der Waals surface area contributed by atoms with Crippen LogP contribution in [-0.2, 0) is 14.8 Å². The van der Waals surface area contributed by atoms with Crippen LogP contribution in [0.3, 0.4) is 0 Å². The summed E-state index contributed by atoms with van der Waals surface area (Å²) in [5, 5.41) is 13.8. The van der Waals surface area contributed by atoms with E-state index in [1.807, 2.05) is 19.1 Å². The van der Waals surface area contributed by atoms with Crippen LogP contribution >= 0.6 is 11.3 Å². The number of aromatic nitrogens is 3. The Morgan fingerprint density at radius 3 is 2.68 bits per heavy atom. The Balaban J connectivity index is 1.44. The van der Waals surface area contributed by atoms with Gasteiger partial charge in [-0.15, -0.1) is 11.3 Å². The summed E-state index contributed by atoms with van der Waals surface area (Å²) in [6, 6.07) is 7.11. The number of nitrogens with zero attached hydrogens (tertiary/aromatic N) is 3. The average molecular weight is 504 g/mol. The van der Waals surface area contributed by atoms with Gasteiger partial charge >= 0.3 is 0 Å². The first-order chi connectivity index (χ1) is 16.4. The summed E-state index contributed by atoms with van der Waals surface area (Å²) in [6.07, 6.45) is 4.62. The number of rotatable bonds is 11. The normalized spacial score (nSPS) is 14.4. The fourth-order valence-corrected chi connectivity index (χ4v) is 5.64. The van der Waals surface area contributed by atoms with Crippen LogP contribution in [0, 0.1) is 0 Å². The Hall–Kier alpha value is -3.09. The number of aliphatic hydroxyl groups excluding tert-OH is 1. The minimum atomic E-state index is -3.44. The van der Waals surface area contributed by atoms with Gasteiger partial charge in [-0.25, -0.2) is 18.4 Å². The first kappa shape index (κ1) is 24.0. The van der Waals surface area contributed by atoms with E-state index >= 15 is 0 Å². The maximum atomic E-state index is 13.0. The Bertz CT molecular complexity index is 1240. The van der Waals surface area contributed by atoms with Crippen molar-refractivity contribution in [2.75, 3.05) is 23.3 Å². The summed E-state index contributed by atoms with van der Waals surface area (Å²) in [5.41, 5.74) is 2.43. The highest BCUT2D eigenvalue weighted by atomic mass is 32.2. The van der Waals surface area contributed by atoms with E-state index in [0.29, 0.717) is 42.4 Å². The van der Waals surface area contributed by atoms with Gasteiger partial charge in [-0.05, 0) is 38.3 Å². The Kier molecular flexibility index (Phi) is 7.39. The Morgan fingerprint density at radius 2 is 2.00 bits per heavy atom. The predicted octanol–water partition coefficient (Wildman–Crippen LogP) is 3.01. The molecule has 180 valence electrons. The van der Waals surface area contributed by atoms with Crippen molar-refractivity contribution in [3.05, 3.63) is 47.7 Å². The summed E-state index contributed by atoms with van der Waals surface area (Å²) >= 11 is 1.12. The smallest absolute Gasteiger partial charge is 0.237 e. The molecule has 1 saturated carbocycles. The fourth-order valence-electron chi connectivity index (χ4n) is 3.28. The van der Waals surface area contributed by atoms with Gasteiger partial charge in [-0.2, -0.15) is 0 Å². The van der Waals surface area contributed by atoms with Crippen LogP contribution in [0.4, 0.5) is 10.8 Å². The molecule has 0 spiro atoms. The molecular formula is C22H25N5O5S2. The lowest BCUT2D eigenvalue weighted by Crippen LogP contribution is -2.23.